The fraction of sp³-hybridized carbons (Fsp3) is 0.500. The van der Waals surface area contributed by atoms with E-state index in [-0.39, 0.29) is 17.7 Å². The van der Waals surface area contributed by atoms with Crippen molar-refractivity contribution >= 4 is 5.97 Å². The summed E-state index contributed by atoms with van der Waals surface area (Å²) in [6, 6.07) is 4.68. The largest absolute Gasteiger partial charge is 0.508 e. The minimum absolute atomic E-state index is 0.174. The van der Waals surface area contributed by atoms with E-state index in [0.717, 1.165) is 24.0 Å². The summed E-state index contributed by atoms with van der Waals surface area (Å²) in [4.78, 5) is 11.2. The Kier molecular flexibility index (Phi) is 3.57. The molecule has 0 aliphatic heterocycles. The predicted molar refractivity (Wildman–Crippen MR) is 68.5 cm³/mol. The van der Waals surface area contributed by atoms with E-state index in [2.05, 4.69) is 5.32 Å². The average molecular weight is 249 g/mol. The van der Waals surface area contributed by atoms with Crippen molar-refractivity contribution in [2.24, 2.45) is 5.92 Å². The number of aromatic hydroxyl groups is 1. The van der Waals surface area contributed by atoms with Gasteiger partial charge in [-0.05, 0) is 38.7 Å². The van der Waals surface area contributed by atoms with Crippen LogP contribution in [0, 0.1) is 12.8 Å². The normalized spacial score (nSPS) is 18.3. The summed E-state index contributed by atoms with van der Waals surface area (Å²) in [6.07, 6.45) is 1.94. The van der Waals surface area contributed by atoms with Gasteiger partial charge in [-0.2, -0.15) is 0 Å². The molecule has 0 amide bonds. The lowest BCUT2D eigenvalue weighted by atomic mass is 10.0. The fourth-order valence-corrected chi connectivity index (χ4v) is 2.22. The number of nitrogens with one attached hydrogen (secondary N) is 1. The third-order valence-electron chi connectivity index (χ3n) is 3.44. The Labute approximate surface area is 107 Å². The van der Waals surface area contributed by atoms with Gasteiger partial charge < -0.3 is 10.2 Å². The first-order chi connectivity index (χ1) is 8.49. The Balaban J connectivity index is 2.12. The molecule has 1 saturated carbocycles. The Bertz CT molecular complexity index is 454. The van der Waals surface area contributed by atoms with E-state index in [1.165, 1.54) is 0 Å². The van der Waals surface area contributed by atoms with E-state index in [1.807, 2.05) is 26.0 Å². The van der Waals surface area contributed by atoms with Crippen molar-refractivity contribution in [1.82, 2.24) is 5.32 Å². The maximum absolute atomic E-state index is 11.2. The second-order valence-corrected chi connectivity index (χ2v) is 5.10. The van der Waals surface area contributed by atoms with Gasteiger partial charge in [0.1, 0.15) is 11.8 Å². The highest BCUT2D eigenvalue weighted by Crippen LogP contribution is 2.34. The standard InChI is InChI=1S/C14H19NO3/c1-8-3-6-12(16)11(7-8)9(2)15-13(14(17)18)10-4-5-10/h3,6-7,9-10,13,15-16H,4-5H2,1-2H3,(H,17,18). The molecule has 0 saturated heterocycles. The summed E-state index contributed by atoms with van der Waals surface area (Å²) >= 11 is 0. The molecular formula is C14H19NO3. The topological polar surface area (TPSA) is 69.6 Å². The Morgan fingerprint density at radius 1 is 1.44 bits per heavy atom. The third kappa shape index (κ3) is 2.82. The highest BCUT2D eigenvalue weighted by Gasteiger charge is 2.37. The van der Waals surface area contributed by atoms with Crippen LogP contribution in [-0.4, -0.2) is 22.2 Å². The lowest BCUT2D eigenvalue weighted by Crippen LogP contribution is -2.40. The molecule has 1 aromatic rings. The highest BCUT2D eigenvalue weighted by molar-refractivity contribution is 5.74. The summed E-state index contributed by atoms with van der Waals surface area (Å²) in [5.41, 5.74) is 1.80. The third-order valence-corrected chi connectivity index (χ3v) is 3.44. The van der Waals surface area contributed by atoms with Crippen LogP contribution in [-0.2, 0) is 4.79 Å². The number of aryl methyl sites for hydroxylation is 1. The molecule has 0 heterocycles. The minimum atomic E-state index is -0.809. The van der Waals surface area contributed by atoms with E-state index < -0.39 is 12.0 Å². The first-order valence-electron chi connectivity index (χ1n) is 6.27. The van der Waals surface area contributed by atoms with E-state index >= 15 is 0 Å². The predicted octanol–water partition coefficient (Wildman–Crippen LogP) is 2.21. The lowest BCUT2D eigenvalue weighted by Gasteiger charge is -2.21. The lowest BCUT2D eigenvalue weighted by molar-refractivity contribution is -0.140. The zero-order valence-corrected chi connectivity index (χ0v) is 10.7. The molecule has 1 aliphatic rings. The number of phenolic OH excluding ortho intramolecular Hbond substituents is 1. The molecule has 2 atom stereocenters. The van der Waals surface area contributed by atoms with Gasteiger partial charge in [0.15, 0.2) is 0 Å². The molecule has 0 aromatic heterocycles. The van der Waals surface area contributed by atoms with E-state index in [9.17, 15) is 15.0 Å². The zero-order chi connectivity index (χ0) is 13.3. The molecule has 3 N–H and O–H groups in total. The highest BCUT2D eigenvalue weighted by atomic mass is 16.4. The maximum atomic E-state index is 11.2. The van der Waals surface area contributed by atoms with Crippen LogP contribution < -0.4 is 5.32 Å². The van der Waals surface area contributed by atoms with Crippen molar-refractivity contribution in [3.8, 4) is 5.75 Å². The molecule has 0 radical (unpaired) electrons. The smallest absolute Gasteiger partial charge is 0.320 e. The van der Waals surface area contributed by atoms with Crippen LogP contribution in [0.15, 0.2) is 18.2 Å². The Morgan fingerprint density at radius 2 is 2.11 bits per heavy atom. The van der Waals surface area contributed by atoms with Crippen LogP contribution in [0.25, 0.3) is 0 Å². The Morgan fingerprint density at radius 3 is 2.67 bits per heavy atom. The van der Waals surface area contributed by atoms with Gasteiger partial charge in [0, 0.05) is 11.6 Å². The van der Waals surface area contributed by atoms with Crippen molar-refractivity contribution in [3.05, 3.63) is 29.3 Å². The number of phenols is 1. The average Bonchev–Trinajstić information content (AvgIpc) is 3.12. The van der Waals surface area contributed by atoms with Gasteiger partial charge in [-0.15, -0.1) is 0 Å². The van der Waals surface area contributed by atoms with Crippen molar-refractivity contribution in [2.45, 2.75) is 38.8 Å². The van der Waals surface area contributed by atoms with Gasteiger partial charge in [0.2, 0.25) is 0 Å². The zero-order valence-electron chi connectivity index (χ0n) is 10.7. The second-order valence-electron chi connectivity index (χ2n) is 5.10. The van der Waals surface area contributed by atoms with E-state index in [0.29, 0.717) is 0 Å². The summed E-state index contributed by atoms with van der Waals surface area (Å²) in [7, 11) is 0. The molecule has 0 spiro atoms. The van der Waals surface area contributed by atoms with E-state index in [1.54, 1.807) is 6.07 Å². The maximum Gasteiger partial charge on any atom is 0.320 e. The van der Waals surface area contributed by atoms with Crippen molar-refractivity contribution in [2.75, 3.05) is 0 Å². The van der Waals surface area contributed by atoms with Gasteiger partial charge in [0.25, 0.3) is 0 Å². The number of rotatable bonds is 5. The minimum Gasteiger partial charge on any atom is -0.508 e. The summed E-state index contributed by atoms with van der Waals surface area (Å²) in [6.45, 7) is 3.83. The van der Waals surface area contributed by atoms with Gasteiger partial charge in [-0.1, -0.05) is 17.7 Å². The van der Waals surface area contributed by atoms with Crippen molar-refractivity contribution < 1.29 is 15.0 Å². The number of carbonyl (C=O) groups is 1. The van der Waals surface area contributed by atoms with Crippen LogP contribution in [0.3, 0.4) is 0 Å². The fourth-order valence-electron chi connectivity index (χ4n) is 2.22. The summed E-state index contributed by atoms with van der Waals surface area (Å²) < 4.78 is 0. The molecule has 1 aliphatic carbocycles. The molecule has 1 aromatic carbocycles. The summed E-state index contributed by atoms with van der Waals surface area (Å²) in [5.74, 6) is -0.367. The molecule has 98 valence electrons. The van der Waals surface area contributed by atoms with Gasteiger partial charge in [-0.3, -0.25) is 10.1 Å². The van der Waals surface area contributed by atoms with Crippen molar-refractivity contribution in [3.63, 3.8) is 0 Å². The number of carboxylic acid groups (broad SMARTS) is 1. The molecule has 2 rings (SSSR count). The molecule has 18 heavy (non-hydrogen) atoms. The summed E-state index contributed by atoms with van der Waals surface area (Å²) in [5, 5.41) is 22.1. The number of benzene rings is 1. The molecule has 4 nitrogen and oxygen atoms in total. The van der Waals surface area contributed by atoms with Gasteiger partial charge in [0.05, 0.1) is 0 Å². The van der Waals surface area contributed by atoms with Gasteiger partial charge in [-0.25, -0.2) is 0 Å². The molecule has 1 fully saturated rings. The monoisotopic (exact) mass is 249 g/mol. The number of hydrogen-bond donors (Lipinski definition) is 3. The quantitative estimate of drug-likeness (QED) is 0.748. The molecule has 2 unspecified atom stereocenters. The molecule has 4 heteroatoms. The van der Waals surface area contributed by atoms with Crippen LogP contribution in [0.1, 0.15) is 36.9 Å². The first kappa shape index (κ1) is 12.9. The van der Waals surface area contributed by atoms with Crippen LogP contribution in [0.2, 0.25) is 0 Å². The van der Waals surface area contributed by atoms with Crippen LogP contribution in [0.4, 0.5) is 0 Å². The molecule has 0 bridgehead atoms. The number of aliphatic carboxylic acids is 1. The number of carboxylic acids is 1. The SMILES string of the molecule is Cc1ccc(O)c(C(C)NC(C(=O)O)C2CC2)c1. The van der Waals surface area contributed by atoms with Gasteiger partial charge >= 0.3 is 5.97 Å². The Hall–Kier alpha value is -1.55. The van der Waals surface area contributed by atoms with Crippen LogP contribution >= 0.6 is 0 Å². The van der Waals surface area contributed by atoms with Crippen molar-refractivity contribution in [1.29, 1.82) is 0 Å². The van der Waals surface area contributed by atoms with Crippen LogP contribution in [0.5, 0.6) is 5.75 Å². The number of hydrogen-bond acceptors (Lipinski definition) is 3. The first-order valence-corrected chi connectivity index (χ1v) is 6.27. The second kappa shape index (κ2) is 4.98. The van der Waals surface area contributed by atoms with E-state index in [4.69, 9.17) is 0 Å². The molecular weight excluding hydrogens is 230 g/mol.